The van der Waals surface area contributed by atoms with Crippen molar-refractivity contribution in [3.05, 3.63) is 90.5 Å². The van der Waals surface area contributed by atoms with Crippen molar-refractivity contribution >= 4 is 34.2 Å². The number of allylic oxidation sites excluding steroid dienone is 1. The van der Waals surface area contributed by atoms with Crippen molar-refractivity contribution in [3.8, 4) is 0 Å². The maximum Gasteiger partial charge on any atom is 0.249 e. The molecular weight excluding hydrogens is 482 g/mol. The number of fused-ring (bicyclic) bond motifs is 2. The van der Waals surface area contributed by atoms with E-state index in [0.717, 1.165) is 21.9 Å². The molecule has 1 heterocycles. The van der Waals surface area contributed by atoms with Crippen molar-refractivity contribution in [2.75, 3.05) is 18.5 Å². The first-order chi connectivity index (χ1) is 18.4. The molecule has 38 heavy (non-hydrogen) atoms. The standard InChI is InChI=1S/C30H33N3O5/c1-2-7-23(16-28(36)33-17-24-11-6-5-10-22(24)15-26(33)18-34)29(37)32-27(19-35)30(38)31-25-13-12-20-8-3-4-9-21(20)14-25/h2-6,8-14,23,26-27,34-35H,1,7,15-19H2,(H,31,38)(H,32,37). The zero-order chi connectivity index (χ0) is 27.1. The molecule has 0 spiro atoms. The lowest BCUT2D eigenvalue weighted by Crippen LogP contribution is -2.50. The minimum atomic E-state index is -1.19. The second-order valence-corrected chi connectivity index (χ2v) is 9.55. The van der Waals surface area contributed by atoms with E-state index in [-0.39, 0.29) is 31.4 Å². The number of amides is 3. The molecule has 0 aliphatic carbocycles. The van der Waals surface area contributed by atoms with Crippen molar-refractivity contribution in [2.45, 2.75) is 37.9 Å². The van der Waals surface area contributed by atoms with E-state index in [1.54, 1.807) is 17.0 Å². The van der Waals surface area contributed by atoms with Gasteiger partial charge in [-0.25, -0.2) is 0 Å². The van der Waals surface area contributed by atoms with Crippen LogP contribution in [0.4, 0.5) is 5.69 Å². The molecule has 4 N–H and O–H groups in total. The van der Waals surface area contributed by atoms with Gasteiger partial charge in [0.2, 0.25) is 17.7 Å². The highest BCUT2D eigenvalue weighted by atomic mass is 16.3. The van der Waals surface area contributed by atoms with Crippen LogP contribution < -0.4 is 10.6 Å². The molecule has 3 unspecified atom stereocenters. The summed E-state index contributed by atoms with van der Waals surface area (Å²) in [4.78, 5) is 40.9. The average molecular weight is 516 g/mol. The van der Waals surface area contributed by atoms with Gasteiger partial charge in [0.25, 0.3) is 0 Å². The summed E-state index contributed by atoms with van der Waals surface area (Å²) in [6, 6.07) is 19.4. The van der Waals surface area contributed by atoms with Gasteiger partial charge in [-0.1, -0.05) is 60.7 Å². The van der Waals surface area contributed by atoms with Crippen LogP contribution in [0.25, 0.3) is 10.8 Å². The first kappa shape index (κ1) is 27.0. The lowest BCUT2D eigenvalue weighted by atomic mass is 9.92. The molecule has 3 amide bonds. The third-order valence-corrected chi connectivity index (χ3v) is 6.96. The van der Waals surface area contributed by atoms with Crippen LogP contribution in [-0.4, -0.2) is 58.1 Å². The third-order valence-electron chi connectivity index (χ3n) is 6.96. The van der Waals surface area contributed by atoms with Gasteiger partial charge < -0.3 is 25.7 Å². The number of hydrogen-bond donors (Lipinski definition) is 4. The Morgan fingerprint density at radius 1 is 0.974 bits per heavy atom. The number of rotatable bonds is 10. The van der Waals surface area contributed by atoms with Crippen LogP contribution in [0.5, 0.6) is 0 Å². The van der Waals surface area contributed by atoms with Gasteiger partial charge in [-0.2, -0.15) is 0 Å². The lowest BCUT2D eigenvalue weighted by molar-refractivity contribution is -0.140. The number of carbonyl (C=O) groups is 3. The molecule has 0 radical (unpaired) electrons. The van der Waals surface area contributed by atoms with Crippen LogP contribution in [-0.2, 0) is 27.3 Å². The maximum absolute atomic E-state index is 13.3. The molecule has 1 aliphatic rings. The van der Waals surface area contributed by atoms with E-state index < -0.39 is 30.4 Å². The lowest BCUT2D eigenvalue weighted by Gasteiger charge is -2.36. The minimum absolute atomic E-state index is 0.110. The highest BCUT2D eigenvalue weighted by molar-refractivity contribution is 5.99. The van der Waals surface area contributed by atoms with Crippen molar-refractivity contribution in [3.63, 3.8) is 0 Å². The summed E-state index contributed by atoms with van der Waals surface area (Å²) in [5.41, 5.74) is 2.65. The number of nitrogens with one attached hydrogen (secondary N) is 2. The quantitative estimate of drug-likeness (QED) is 0.310. The fourth-order valence-corrected chi connectivity index (χ4v) is 4.83. The van der Waals surface area contributed by atoms with E-state index in [1.165, 1.54) is 0 Å². The Hall–Kier alpha value is -4.01. The van der Waals surface area contributed by atoms with Gasteiger partial charge >= 0.3 is 0 Å². The van der Waals surface area contributed by atoms with Crippen LogP contribution in [0.1, 0.15) is 24.0 Å². The van der Waals surface area contributed by atoms with E-state index in [2.05, 4.69) is 17.2 Å². The number of aliphatic hydroxyl groups is 2. The molecule has 8 nitrogen and oxygen atoms in total. The summed E-state index contributed by atoms with van der Waals surface area (Å²) in [5.74, 6) is -2.13. The molecule has 198 valence electrons. The summed E-state index contributed by atoms with van der Waals surface area (Å²) >= 11 is 0. The fourth-order valence-electron chi connectivity index (χ4n) is 4.83. The van der Waals surface area contributed by atoms with Gasteiger partial charge in [0, 0.05) is 18.7 Å². The second kappa shape index (κ2) is 12.5. The van der Waals surface area contributed by atoms with Gasteiger partial charge in [-0.15, -0.1) is 6.58 Å². The zero-order valence-corrected chi connectivity index (χ0v) is 21.2. The Morgan fingerprint density at radius 3 is 2.39 bits per heavy atom. The number of carbonyl (C=O) groups excluding carboxylic acids is 3. The zero-order valence-electron chi connectivity index (χ0n) is 21.2. The molecule has 1 aliphatic heterocycles. The molecule has 3 aromatic carbocycles. The summed E-state index contributed by atoms with van der Waals surface area (Å²) in [5, 5.41) is 27.1. The Labute approximate surface area is 222 Å². The second-order valence-electron chi connectivity index (χ2n) is 9.55. The van der Waals surface area contributed by atoms with E-state index in [1.807, 2.05) is 60.7 Å². The highest BCUT2D eigenvalue weighted by Crippen LogP contribution is 2.25. The molecule has 8 heteroatoms. The Kier molecular flexibility index (Phi) is 8.89. The Balaban J connectivity index is 1.41. The van der Waals surface area contributed by atoms with Gasteiger partial charge in [0.05, 0.1) is 25.2 Å². The largest absolute Gasteiger partial charge is 0.394 e. The van der Waals surface area contributed by atoms with Crippen molar-refractivity contribution in [1.82, 2.24) is 10.2 Å². The molecule has 0 saturated heterocycles. The predicted molar refractivity (Wildman–Crippen MR) is 146 cm³/mol. The van der Waals surface area contributed by atoms with Crippen molar-refractivity contribution in [1.29, 1.82) is 0 Å². The van der Waals surface area contributed by atoms with E-state index in [0.29, 0.717) is 18.7 Å². The van der Waals surface area contributed by atoms with Gasteiger partial charge in [0.15, 0.2) is 0 Å². The SMILES string of the molecule is C=CCC(CC(=O)N1Cc2ccccc2CC1CO)C(=O)NC(CO)C(=O)Nc1ccc2ccccc2c1. The minimum Gasteiger partial charge on any atom is -0.394 e. The summed E-state index contributed by atoms with van der Waals surface area (Å²) in [6.45, 7) is 3.28. The Morgan fingerprint density at radius 2 is 1.68 bits per heavy atom. The van der Waals surface area contributed by atoms with Crippen LogP contribution in [0.15, 0.2) is 79.4 Å². The van der Waals surface area contributed by atoms with E-state index >= 15 is 0 Å². The fraction of sp³-hybridized carbons (Fsp3) is 0.300. The number of anilines is 1. The normalized spacial score (nSPS) is 16.3. The topological polar surface area (TPSA) is 119 Å². The molecular formula is C30H33N3O5. The van der Waals surface area contributed by atoms with Gasteiger partial charge in [-0.3, -0.25) is 14.4 Å². The molecule has 0 saturated carbocycles. The van der Waals surface area contributed by atoms with Crippen LogP contribution >= 0.6 is 0 Å². The summed E-state index contributed by atoms with van der Waals surface area (Å²) in [6.07, 6.45) is 2.20. The predicted octanol–water partition coefficient (Wildman–Crippen LogP) is 2.78. The first-order valence-corrected chi connectivity index (χ1v) is 12.7. The van der Waals surface area contributed by atoms with E-state index in [4.69, 9.17) is 0 Å². The molecule has 3 atom stereocenters. The molecule has 0 fully saturated rings. The highest BCUT2D eigenvalue weighted by Gasteiger charge is 2.32. The van der Waals surface area contributed by atoms with Gasteiger partial charge in [0.1, 0.15) is 6.04 Å². The molecule has 0 bridgehead atoms. The van der Waals surface area contributed by atoms with Crippen molar-refractivity contribution < 1.29 is 24.6 Å². The monoisotopic (exact) mass is 515 g/mol. The number of nitrogens with zero attached hydrogens (tertiary/aromatic N) is 1. The number of hydrogen-bond acceptors (Lipinski definition) is 5. The number of benzene rings is 3. The molecule has 4 rings (SSSR count). The summed E-state index contributed by atoms with van der Waals surface area (Å²) < 4.78 is 0. The smallest absolute Gasteiger partial charge is 0.249 e. The first-order valence-electron chi connectivity index (χ1n) is 12.7. The van der Waals surface area contributed by atoms with Gasteiger partial charge in [-0.05, 0) is 46.9 Å². The number of aliphatic hydroxyl groups excluding tert-OH is 2. The summed E-state index contributed by atoms with van der Waals surface area (Å²) in [7, 11) is 0. The van der Waals surface area contributed by atoms with Crippen LogP contribution in [0.2, 0.25) is 0 Å². The maximum atomic E-state index is 13.3. The molecule has 3 aromatic rings. The van der Waals surface area contributed by atoms with Crippen molar-refractivity contribution in [2.24, 2.45) is 5.92 Å². The Bertz CT molecular complexity index is 1320. The molecule has 0 aromatic heterocycles. The average Bonchev–Trinajstić information content (AvgIpc) is 2.94. The van der Waals surface area contributed by atoms with Crippen LogP contribution in [0, 0.1) is 5.92 Å². The third kappa shape index (κ3) is 6.27. The van der Waals surface area contributed by atoms with Crippen LogP contribution in [0.3, 0.4) is 0 Å². The van der Waals surface area contributed by atoms with E-state index in [9.17, 15) is 24.6 Å².